The standard InChI is InChI=1S/C7H12O4S/c1-10-7-5(9)6-4(8)3(11-7)2-12-6/h3-9H,2H2,1H3/t3-,4-,5-,6+,7+/m1/s1. The highest BCUT2D eigenvalue weighted by atomic mass is 32.2. The second-order valence-corrected chi connectivity index (χ2v) is 4.27. The van der Waals surface area contributed by atoms with Crippen molar-refractivity contribution in [3.63, 3.8) is 0 Å². The van der Waals surface area contributed by atoms with Crippen LogP contribution in [-0.4, -0.2) is 52.9 Å². The van der Waals surface area contributed by atoms with Crippen molar-refractivity contribution in [2.45, 2.75) is 29.9 Å². The van der Waals surface area contributed by atoms with Crippen molar-refractivity contribution in [1.82, 2.24) is 0 Å². The molecule has 12 heavy (non-hydrogen) atoms. The molecule has 2 bridgehead atoms. The van der Waals surface area contributed by atoms with Gasteiger partial charge in [0.2, 0.25) is 0 Å². The lowest BCUT2D eigenvalue weighted by Crippen LogP contribution is -2.52. The van der Waals surface area contributed by atoms with Crippen molar-refractivity contribution in [3.8, 4) is 0 Å². The number of hydrogen-bond donors (Lipinski definition) is 2. The average Bonchev–Trinajstić information content (AvgIpc) is 2.31. The fourth-order valence-electron chi connectivity index (χ4n) is 1.64. The van der Waals surface area contributed by atoms with Crippen LogP contribution in [0.5, 0.6) is 0 Å². The summed E-state index contributed by atoms with van der Waals surface area (Å²) in [4.78, 5) is 0. The van der Waals surface area contributed by atoms with Gasteiger partial charge in [-0.25, -0.2) is 0 Å². The van der Waals surface area contributed by atoms with Gasteiger partial charge in [-0.1, -0.05) is 0 Å². The van der Waals surface area contributed by atoms with Gasteiger partial charge in [0, 0.05) is 12.9 Å². The summed E-state index contributed by atoms with van der Waals surface area (Å²) >= 11 is 1.54. The predicted molar refractivity (Wildman–Crippen MR) is 43.9 cm³/mol. The Hall–Kier alpha value is 0.190. The van der Waals surface area contributed by atoms with Crippen LogP contribution in [0.3, 0.4) is 0 Å². The summed E-state index contributed by atoms with van der Waals surface area (Å²) in [6.45, 7) is 0. The molecule has 0 saturated carbocycles. The summed E-state index contributed by atoms with van der Waals surface area (Å²) in [5.41, 5.74) is 0. The van der Waals surface area contributed by atoms with Crippen LogP contribution in [0, 0.1) is 0 Å². The number of hydrogen-bond acceptors (Lipinski definition) is 5. The first kappa shape index (κ1) is 8.77. The molecule has 4 nitrogen and oxygen atoms in total. The van der Waals surface area contributed by atoms with Crippen LogP contribution in [0.1, 0.15) is 0 Å². The van der Waals surface area contributed by atoms with Gasteiger partial charge in [-0.2, -0.15) is 11.8 Å². The van der Waals surface area contributed by atoms with Crippen molar-refractivity contribution in [2.24, 2.45) is 0 Å². The third kappa shape index (κ3) is 1.16. The zero-order valence-electron chi connectivity index (χ0n) is 6.71. The molecule has 2 heterocycles. The van der Waals surface area contributed by atoms with Crippen LogP contribution < -0.4 is 0 Å². The van der Waals surface area contributed by atoms with Crippen molar-refractivity contribution in [1.29, 1.82) is 0 Å². The van der Waals surface area contributed by atoms with Gasteiger partial charge in [-0.15, -0.1) is 0 Å². The molecule has 0 amide bonds. The maximum Gasteiger partial charge on any atom is 0.184 e. The van der Waals surface area contributed by atoms with Crippen molar-refractivity contribution in [3.05, 3.63) is 0 Å². The molecule has 2 aliphatic heterocycles. The van der Waals surface area contributed by atoms with Gasteiger partial charge in [0.15, 0.2) is 6.29 Å². The molecule has 5 atom stereocenters. The van der Waals surface area contributed by atoms with E-state index in [1.807, 2.05) is 0 Å². The quantitative estimate of drug-likeness (QED) is 0.569. The summed E-state index contributed by atoms with van der Waals surface area (Å²) in [5, 5.41) is 19.0. The van der Waals surface area contributed by atoms with E-state index in [-0.39, 0.29) is 11.4 Å². The van der Waals surface area contributed by atoms with Crippen LogP contribution in [0.2, 0.25) is 0 Å². The van der Waals surface area contributed by atoms with E-state index in [0.29, 0.717) is 0 Å². The molecule has 2 aliphatic rings. The third-order valence-corrected chi connectivity index (χ3v) is 3.79. The third-order valence-electron chi connectivity index (χ3n) is 2.33. The number of ether oxygens (including phenoxy) is 2. The second-order valence-electron chi connectivity index (χ2n) is 3.06. The Labute approximate surface area is 74.9 Å². The lowest BCUT2D eigenvalue weighted by Gasteiger charge is -2.34. The topological polar surface area (TPSA) is 58.9 Å². The van der Waals surface area contributed by atoms with E-state index >= 15 is 0 Å². The molecule has 0 aliphatic carbocycles. The highest BCUT2D eigenvalue weighted by Gasteiger charge is 2.49. The minimum Gasteiger partial charge on any atom is -0.389 e. The van der Waals surface area contributed by atoms with Crippen LogP contribution in [0.25, 0.3) is 0 Å². The Balaban J connectivity index is 2.12. The number of rotatable bonds is 1. The van der Waals surface area contributed by atoms with E-state index in [9.17, 15) is 10.2 Å². The summed E-state index contributed by atoms with van der Waals surface area (Å²) in [6, 6.07) is 0. The molecule has 2 rings (SSSR count). The lowest BCUT2D eigenvalue weighted by molar-refractivity contribution is -0.242. The highest BCUT2D eigenvalue weighted by molar-refractivity contribution is 8.00. The molecule has 70 valence electrons. The molecule has 0 aromatic heterocycles. The maximum atomic E-state index is 9.59. The van der Waals surface area contributed by atoms with E-state index in [0.717, 1.165) is 5.75 Å². The smallest absolute Gasteiger partial charge is 0.184 e. The molecule has 2 N–H and O–H groups in total. The van der Waals surface area contributed by atoms with Gasteiger partial charge in [-0.3, -0.25) is 0 Å². The number of fused-ring (bicyclic) bond motifs is 2. The van der Waals surface area contributed by atoms with Crippen LogP contribution in [-0.2, 0) is 9.47 Å². The van der Waals surface area contributed by atoms with Gasteiger partial charge in [0.05, 0.1) is 17.5 Å². The van der Waals surface area contributed by atoms with Crippen molar-refractivity contribution in [2.75, 3.05) is 12.9 Å². The number of aliphatic hydroxyl groups excluding tert-OH is 2. The van der Waals surface area contributed by atoms with E-state index in [1.54, 1.807) is 11.8 Å². The summed E-state index contributed by atoms with van der Waals surface area (Å²) in [5.74, 6) is 0.739. The van der Waals surface area contributed by atoms with E-state index in [1.165, 1.54) is 7.11 Å². The Morgan fingerprint density at radius 2 is 2.17 bits per heavy atom. The van der Waals surface area contributed by atoms with Gasteiger partial charge >= 0.3 is 0 Å². The Morgan fingerprint density at radius 1 is 1.42 bits per heavy atom. The van der Waals surface area contributed by atoms with Crippen LogP contribution in [0.4, 0.5) is 0 Å². The minimum atomic E-state index is -0.714. The molecular formula is C7H12O4S. The van der Waals surface area contributed by atoms with E-state index in [4.69, 9.17) is 9.47 Å². The molecule has 0 spiro atoms. The van der Waals surface area contributed by atoms with Gasteiger partial charge in [-0.05, 0) is 0 Å². The number of thioether (sulfide) groups is 1. The largest absolute Gasteiger partial charge is 0.389 e. The summed E-state index contributed by atoms with van der Waals surface area (Å²) < 4.78 is 10.2. The molecule has 0 radical (unpaired) electrons. The minimum absolute atomic E-state index is 0.145. The van der Waals surface area contributed by atoms with Crippen LogP contribution >= 0.6 is 11.8 Å². The molecule has 0 aromatic carbocycles. The summed E-state index contributed by atoms with van der Waals surface area (Å²) in [7, 11) is 1.50. The SMILES string of the molecule is CO[C@H]1O[C@@H]2CS[C@H]([C@H]1O)[C@@H]2O. The zero-order chi connectivity index (χ0) is 8.72. The van der Waals surface area contributed by atoms with E-state index in [2.05, 4.69) is 0 Å². The lowest BCUT2D eigenvalue weighted by atomic mass is 10.0. The van der Waals surface area contributed by atoms with Gasteiger partial charge in [0.25, 0.3) is 0 Å². The van der Waals surface area contributed by atoms with E-state index < -0.39 is 18.5 Å². The average molecular weight is 192 g/mol. The molecule has 0 aromatic rings. The second kappa shape index (κ2) is 3.16. The molecular weight excluding hydrogens is 180 g/mol. The molecule has 0 unspecified atom stereocenters. The fraction of sp³-hybridized carbons (Fsp3) is 1.00. The number of methoxy groups -OCH3 is 1. The zero-order valence-corrected chi connectivity index (χ0v) is 7.53. The van der Waals surface area contributed by atoms with Crippen molar-refractivity contribution >= 4 is 11.8 Å². The summed E-state index contributed by atoms with van der Waals surface area (Å²) in [6.07, 6.45) is -2.00. The Bertz CT molecular complexity index is 177. The maximum absolute atomic E-state index is 9.59. The number of aliphatic hydroxyl groups is 2. The first-order valence-corrected chi connectivity index (χ1v) is 4.95. The fourth-order valence-corrected chi connectivity index (χ4v) is 3.02. The highest BCUT2D eigenvalue weighted by Crippen LogP contribution is 2.38. The van der Waals surface area contributed by atoms with Gasteiger partial charge < -0.3 is 19.7 Å². The van der Waals surface area contributed by atoms with Gasteiger partial charge in [0.1, 0.15) is 6.10 Å². The monoisotopic (exact) mass is 192 g/mol. The Kier molecular flexibility index (Phi) is 2.31. The molecule has 2 fully saturated rings. The first-order chi connectivity index (χ1) is 5.74. The van der Waals surface area contributed by atoms with Crippen molar-refractivity contribution < 1.29 is 19.7 Å². The normalized spacial score (nSPS) is 52.8. The molecule has 5 heteroatoms. The molecule has 2 saturated heterocycles. The van der Waals surface area contributed by atoms with Crippen LogP contribution in [0.15, 0.2) is 0 Å². The predicted octanol–water partition coefficient (Wildman–Crippen LogP) is -0.805. The Morgan fingerprint density at radius 3 is 2.83 bits per heavy atom. The first-order valence-electron chi connectivity index (χ1n) is 3.90.